The van der Waals surface area contributed by atoms with E-state index in [1.807, 2.05) is 13.1 Å². The van der Waals surface area contributed by atoms with Crippen molar-refractivity contribution in [1.82, 2.24) is 15.0 Å². The molecule has 1 aliphatic rings. The van der Waals surface area contributed by atoms with Gasteiger partial charge in [0.2, 0.25) is 0 Å². The van der Waals surface area contributed by atoms with Gasteiger partial charge in [-0.05, 0) is 18.9 Å². The summed E-state index contributed by atoms with van der Waals surface area (Å²) < 4.78 is 0. The van der Waals surface area contributed by atoms with Gasteiger partial charge in [0.05, 0.1) is 17.4 Å². The zero-order chi connectivity index (χ0) is 16.1. The number of anilines is 3. The molecule has 1 aliphatic heterocycles. The fraction of sp³-hybridized carbons (Fsp3) is 0.375. The second-order valence-electron chi connectivity index (χ2n) is 5.41. The number of pyridine rings is 1. The van der Waals surface area contributed by atoms with E-state index in [4.69, 9.17) is 5.26 Å². The monoisotopic (exact) mass is 309 g/mol. The van der Waals surface area contributed by atoms with Crippen molar-refractivity contribution in [2.45, 2.75) is 18.9 Å². The van der Waals surface area contributed by atoms with Gasteiger partial charge in [-0.1, -0.05) is 0 Å². The van der Waals surface area contributed by atoms with Crippen LogP contribution in [0.25, 0.3) is 0 Å². The molecule has 2 aromatic rings. The van der Waals surface area contributed by atoms with Gasteiger partial charge in [-0.15, -0.1) is 0 Å². The number of hydrogen-bond donors (Lipinski definition) is 2. The third kappa shape index (κ3) is 3.31. The number of nitrogens with zero attached hydrogens (tertiary/aromatic N) is 5. The Kier molecular flexibility index (Phi) is 4.52. The topological polar surface area (TPSA) is 89.8 Å². The molecule has 0 spiro atoms. The average Bonchev–Trinajstić information content (AvgIpc) is 3.08. The van der Waals surface area contributed by atoms with Crippen molar-refractivity contribution >= 4 is 17.3 Å². The predicted molar refractivity (Wildman–Crippen MR) is 89.4 cm³/mol. The quantitative estimate of drug-likeness (QED) is 0.871. The maximum Gasteiger partial charge on any atom is 0.134 e. The summed E-state index contributed by atoms with van der Waals surface area (Å²) in [7, 11) is 1.85. The fourth-order valence-electron chi connectivity index (χ4n) is 2.85. The molecule has 23 heavy (non-hydrogen) atoms. The summed E-state index contributed by atoms with van der Waals surface area (Å²) in [5, 5.41) is 15.5. The van der Waals surface area contributed by atoms with E-state index in [1.54, 1.807) is 24.8 Å². The van der Waals surface area contributed by atoms with Crippen molar-refractivity contribution in [3.05, 3.63) is 36.4 Å². The van der Waals surface area contributed by atoms with E-state index in [1.165, 1.54) is 0 Å². The lowest BCUT2D eigenvalue weighted by atomic mass is 10.2. The summed E-state index contributed by atoms with van der Waals surface area (Å²) in [6, 6.07) is 6.20. The molecule has 0 radical (unpaired) electrons. The highest BCUT2D eigenvalue weighted by atomic mass is 15.2. The molecule has 7 heteroatoms. The van der Waals surface area contributed by atoms with Gasteiger partial charge in [0.25, 0.3) is 0 Å². The molecule has 7 nitrogen and oxygen atoms in total. The number of nitrogens with one attached hydrogen (secondary N) is 2. The van der Waals surface area contributed by atoms with Gasteiger partial charge < -0.3 is 15.5 Å². The van der Waals surface area contributed by atoms with Crippen LogP contribution in [0.4, 0.5) is 17.3 Å². The van der Waals surface area contributed by atoms with Gasteiger partial charge >= 0.3 is 0 Å². The van der Waals surface area contributed by atoms with Gasteiger partial charge in [0.1, 0.15) is 24.0 Å². The Bertz CT molecular complexity index is 710. The Morgan fingerprint density at radius 3 is 3.17 bits per heavy atom. The van der Waals surface area contributed by atoms with Crippen molar-refractivity contribution in [1.29, 1.82) is 5.26 Å². The van der Waals surface area contributed by atoms with Crippen LogP contribution in [0.15, 0.2) is 30.9 Å². The maximum atomic E-state index is 9.15. The molecule has 0 aliphatic carbocycles. The molecule has 2 N–H and O–H groups in total. The summed E-state index contributed by atoms with van der Waals surface area (Å²) in [6.45, 7) is 1.73. The lowest BCUT2D eigenvalue weighted by Gasteiger charge is -2.26. The maximum absolute atomic E-state index is 9.15. The van der Waals surface area contributed by atoms with Crippen LogP contribution in [0.1, 0.15) is 18.4 Å². The van der Waals surface area contributed by atoms with E-state index in [0.717, 1.165) is 43.3 Å². The van der Waals surface area contributed by atoms with E-state index >= 15 is 0 Å². The van der Waals surface area contributed by atoms with Crippen LogP contribution < -0.4 is 15.5 Å². The Hall–Kier alpha value is -2.88. The number of nitriles is 1. The Morgan fingerprint density at radius 2 is 2.35 bits per heavy atom. The van der Waals surface area contributed by atoms with Crippen LogP contribution in [-0.2, 0) is 0 Å². The van der Waals surface area contributed by atoms with Crippen molar-refractivity contribution < 1.29 is 0 Å². The first-order chi connectivity index (χ1) is 11.3. The predicted octanol–water partition coefficient (Wildman–Crippen LogP) is 1.87. The molecule has 0 aromatic carbocycles. The van der Waals surface area contributed by atoms with Gasteiger partial charge in [0.15, 0.2) is 0 Å². The van der Waals surface area contributed by atoms with Crippen LogP contribution in [0.5, 0.6) is 0 Å². The van der Waals surface area contributed by atoms with Crippen molar-refractivity contribution in [2.24, 2.45) is 0 Å². The van der Waals surface area contributed by atoms with Crippen LogP contribution in [0.2, 0.25) is 0 Å². The van der Waals surface area contributed by atoms with E-state index in [2.05, 4.69) is 36.6 Å². The average molecular weight is 309 g/mol. The fourth-order valence-corrected chi connectivity index (χ4v) is 2.85. The zero-order valence-electron chi connectivity index (χ0n) is 13.0. The molecule has 0 bridgehead atoms. The highest BCUT2D eigenvalue weighted by Crippen LogP contribution is 2.25. The first kappa shape index (κ1) is 15.0. The smallest absolute Gasteiger partial charge is 0.134 e. The van der Waals surface area contributed by atoms with Crippen LogP contribution in [0, 0.1) is 11.3 Å². The second kappa shape index (κ2) is 6.92. The minimum atomic E-state index is 0.335. The third-order valence-corrected chi connectivity index (χ3v) is 4.05. The van der Waals surface area contributed by atoms with Gasteiger partial charge in [-0.3, -0.25) is 4.98 Å². The minimum Gasteiger partial charge on any atom is -0.381 e. The lowest BCUT2D eigenvalue weighted by Crippen LogP contribution is -2.35. The molecule has 3 heterocycles. The number of aromatic nitrogens is 3. The lowest BCUT2D eigenvalue weighted by molar-refractivity contribution is 0.690. The second-order valence-corrected chi connectivity index (χ2v) is 5.41. The third-order valence-electron chi connectivity index (χ3n) is 4.05. The normalized spacial score (nSPS) is 16.9. The minimum absolute atomic E-state index is 0.335. The van der Waals surface area contributed by atoms with Crippen molar-refractivity contribution in [3.8, 4) is 6.07 Å². The molecule has 1 fully saturated rings. The molecule has 118 valence electrons. The van der Waals surface area contributed by atoms with E-state index in [9.17, 15) is 0 Å². The molecule has 2 aromatic heterocycles. The van der Waals surface area contributed by atoms with E-state index in [-0.39, 0.29) is 0 Å². The Labute approximate surface area is 135 Å². The summed E-state index contributed by atoms with van der Waals surface area (Å²) >= 11 is 0. The zero-order valence-corrected chi connectivity index (χ0v) is 13.0. The Morgan fingerprint density at radius 1 is 1.43 bits per heavy atom. The summed E-state index contributed by atoms with van der Waals surface area (Å²) in [5.41, 5.74) is 1.39. The first-order valence-electron chi connectivity index (χ1n) is 7.66. The first-order valence-corrected chi connectivity index (χ1v) is 7.66. The largest absolute Gasteiger partial charge is 0.381 e. The SMILES string of the molecule is CNc1cc(N2CCC[C@@H]2CNc2cnccc2C#N)ncn1. The van der Waals surface area contributed by atoms with Gasteiger partial charge in [-0.25, -0.2) is 9.97 Å². The van der Waals surface area contributed by atoms with Gasteiger partial charge in [0, 0.05) is 38.4 Å². The summed E-state index contributed by atoms with van der Waals surface area (Å²) in [5.74, 6) is 1.74. The van der Waals surface area contributed by atoms with Crippen LogP contribution in [0.3, 0.4) is 0 Å². The van der Waals surface area contributed by atoms with Crippen molar-refractivity contribution in [2.75, 3.05) is 35.7 Å². The highest BCUT2D eigenvalue weighted by Gasteiger charge is 2.26. The van der Waals surface area contributed by atoms with Crippen molar-refractivity contribution in [3.63, 3.8) is 0 Å². The summed E-state index contributed by atoms with van der Waals surface area (Å²) in [6.07, 6.45) is 7.13. The molecule has 0 amide bonds. The molecule has 3 rings (SSSR count). The molecule has 0 unspecified atom stereocenters. The molecular weight excluding hydrogens is 290 g/mol. The van der Waals surface area contributed by atoms with Crippen LogP contribution in [-0.4, -0.2) is 41.1 Å². The molecule has 0 saturated carbocycles. The Balaban J connectivity index is 1.71. The number of hydrogen-bond acceptors (Lipinski definition) is 7. The molecular formula is C16H19N7. The van der Waals surface area contributed by atoms with Crippen LogP contribution >= 0.6 is 0 Å². The molecule has 1 saturated heterocycles. The van der Waals surface area contributed by atoms with E-state index < -0.39 is 0 Å². The summed E-state index contributed by atoms with van der Waals surface area (Å²) in [4.78, 5) is 14.9. The standard InChI is InChI=1S/C16H19N7/c1-18-15-7-16(22-11-21-15)23-6-2-3-13(23)9-20-14-10-19-5-4-12(14)8-17/h4-5,7,10-11,13,20H,2-3,6,9H2,1H3,(H,18,21,22)/t13-/m1/s1. The number of rotatable bonds is 5. The highest BCUT2D eigenvalue weighted by molar-refractivity contribution is 5.56. The van der Waals surface area contributed by atoms with Gasteiger partial charge in [-0.2, -0.15) is 5.26 Å². The molecule has 1 atom stereocenters. The van der Waals surface area contributed by atoms with E-state index in [0.29, 0.717) is 11.6 Å².